The molecule has 0 aliphatic carbocycles. The van der Waals surface area contributed by atoms with Crippen molar-refractivity contribution in [1.29, 1.82) is 0 Å². The number of aryl methyl sites for hydroxylation is 1. The van der Waals surface area contributed by atoms with Gasteiger partial charge in [-0.2, -0.15) is 0 Å². The Balaban J connectivity index is 0.000000924. The van der Waals surface area contributed by atoms with Gasteiger partial charge in [-0.25, -0.2) is 0 Å². The molecule has 124 valence electrons. The Hall–Kier alpha value is -2.50. The summed E-state index contributed by atoms with van der Waals surface area (Å²) in [6.45, 7) is 6.24. The average Bonchev–Trinajstić information content (AvgIpc) is 2.94. The predicted octanol–water partition coefficient (Wildman–Crippen LogP) is 3.23. The normalized spacial score (nSPS) is 16.7. The highest BCUT2D eigenvalue weighted by Crippen LogP contribution is 2.36. The van der Waals surface area contributed by atoms with E-state index in [2.05, 4.69) is 5.10 Å². The summed E-state index contributed by atoms with van der Waals surface area (Å²) in [5, 5.41) is 4.17. The molecule has 1 unspecified atom stereocenters. The third-order valence-electron chi connectivity index (χ3n) is 3.44. The standard InChI is InChI=1S/C15H17N3O3.C2H6/c1-10-9-20-13-5-4-11(8-12(13)18(3)15(10)19)21-14-6-7-17(2)16-14;1-2/h4-8,10H,9H2,1-3H3;1-2H3. The zero-order valence-electron chi connectivity index (χ0n) is 14.2. The molecule has 0 radical (unpaired) electrons. The highest BCUT2D eigenvalue weighted by atomic mass is 16.5. The molecule has 1 aliphatic rings. The molecule has 1 amide bonds. The van der Waals surface area contributed by atoms with Gasteiger partial charge in [0, 0.05) is 32.4 Å². The summed E-state index contributed by atoms with van der Waals surface area (Å²) in [5.41, 5.74) is 0.706. The Morgan fingerprint density at radius 3 is 2.65 bits per heavy atom. The van der Waals surface area contributed by atoms with Crippen LogP contribution in [-0.4, -0.2) is 29.3 Å². The van der Waals surface area contributed by atoms with Gasteiger partial charge in [-0.3, -0.25) is 9.48 Å². The summed E-state index contributed by atoms with van der Waals surface area (Å²) in [6, 6.07) is 7.19. The lowest BCUT2D eigenvalue weighted by Gasteiger charge is -2.18. The summed E-state index contributed by atoms with van der Waals surface area (Å²) in [4.78, 5) is 13.8. The zero-order valence-corrected chi connectivity index (χ0v) is 14.2. The molecule has 0 N–H and O–H groups in total. The van der Waals surface area contributed by atoms with Crippen LogP contribution in [0.4, 0.5) is 5.69 Å². The number of anilines is 1. The number of nitrogens with zero attached hydrogens (tertiary/aromatic N) is 3. The molecule has 23 heavy (non-hydrogen) atoms. The van der Waals surface area contributed by atoms with E-state index in [-0.39, 0.29) is 11.8 Å². The molecule has 1 atom stereocenters. The minimum absolute atomic E-state index is 0.0312. The molecule has 2 aromatic rings. The van der Waals surface area contributed by atoms with Crippen molar-refractivity contribution in [2.24, 2.45) is 13.0 Å². The highest BCUT2D eigenvalue weighted by molar-refractivity contribution is 5.96. The van der Waals surface area contributed by atoms with Gasteiger partial charge in [-0.15, -0.1) is 5.10 Å². The number of hydrogen-bond acceptors (Lipinski definition) is 4. The van der Waals surface area contributed by atoms with Gasteiger partial charge in [0.2, 0.25) is 11.8 Å². The third-order valence-corrected chi connectivity index (χ3v) is 3.44. The summed E-state index contributed by atoms with van der Waals surface area (Å²) in [6.07, 6.45) is 1.80. The molecule has 0 spiro atoms. The molecule has 1 aliphatic heterocycles. The molecule has 0 bridgehead atoms. The first-order valence-corrected chi connectivity index (χ1v) is 7.76. The summed E-state index contributed by atoms with van der Waals surface area (Å²) >= 11 is 0. The largest absolute Gasteiger partial charge is 0.491 e. The molecule has 0 saturated carbocycles. The van der Waals surface area contributed by atoms with E-state index in [0.29, 0.717) is 29.7 Å². The first-order chi connectivity index (χ1) is 11.0. The number of fused-ring (bicyclic) bond motifs is 1. The van der Waals surface area contributed by atoms with Gasteiger partial charge in [0.25, 0.3) is 0 Å². The van der Waals surface area contributed by atoms with Gasteiger partial charge in [-0.05, 0) is 12.1 Å². The number of carbonyl (C=O) groups is 1. The van der Waals surface area contributed by atoms with Gasteiger partial charge in [0.05, 0.1) is 18.2 Å². The number of ether oxygens (including phenoxy) is 2. The van der Waals surface area contributed by atoms with Crippen LogP contribution in [0.5, 0.6) is 17.4 Å². The van der Waals surface area contributed by atoms with Crippen LogP contribution < -0.4 is 14.4 Å². The van der Waals surface area contributed by atoms with Gasteiger partial charge < -0.3 is 14.4 Å². The minimum Gasteiger partial charge on any atom is -0.491 e. The van der Waals surface area contributed by atoms with E-state index in [1.807, 2.05) is 40.0 Å². The number of carbonyl (C=O) groups excluding carboxylic acids is 1. The second-order valence-electron chi connectivity index (χ2n) is 5.17. The summed E-state index contributed by atoms with van der Waals surface area (Å²) < 4.78 is 13.0. The summed E-state index contributed by atoms with van der Waals surface area (Å²) in [7, 11) is 3.57. The fourth-order valence-corrected chi connectivity index (χ4v) is 2.25. The predicted molar refractivity (Wildman–Crippen MR) is 89.1 cm³/mol. The number of amides is 1. The van der Waals surface area contributed by atoms with E-state index in [0.717, 1.165) is 0 Å². The Morgan fingerprint density at radius 2 is 2.00 bits per heavy atom. The number of aromatic nitrogens is 2. The van der Waals surface area contributed by atoms with Gasteiger partial charge in [0.1, 0.15) is 11.5 Å². The molecular weight excluding hydrogens is 294 g/mol. The van der Waals surface area contributed by atoms with Crippen molar-refractivity contribution in [3.05, 3.63) is 30.5 Å². The smallest absolute Gasteiger partial charge is 0.238 e. The van der Waals surface area contributed by atoms with Crippen molar-refractivity contribution in [3.8, 4) is 17.4 Å². The number of rotatable bonds is 2. The minimum atomic E-state index is -0.164. The second kappa shape index (κ2) is 7.17. The molecule has 1 aromatic heterocycles. The first kappa shape index (κ1) is 16.9. The maximum Gasteiger partial charge on any atom is 0.238 e. The average molecular weight is 317 g/mol. The molecule has 2 heterocycles. The highest BCUT2D eigenvalue weighted by Gasteiger charge is 2.26. The lowest BCUT2D eigenvalue weighted by Crippen LogP contribution is -2.31. The van der Waals surface area contributed by atoms with Crippen molar-refractivity contribution in [2.75, 3.05) is 18.6 Å². The Labute approximate surface area is 136 Å². The van der Waals surface area contributed by atoms with Crippen LogP contribution in [-0.2, 0) is 11.8 Å². The fraction of sp³-hybridized carbons (Fsp3) is 0.412. The molecule has 3 rings (SSSR count). The number of hydrogen-bond donors (Lipinski definition) is 0. The molecule has 6 nitrogen and oxygen atoms in total. The first-order valence-electron chi connectivity index (χ1n) is 7.76. The SMILES string of the molecule is CC.CC1COc2ccc(Oc3ccn(C)n3)cc2N(C)C1=O. The van der Waals surface area contributed by atoms with E-state index in [1.165, 1.54) is 0 Å². The zero-order chi connectivity index (χ0) is 17.0. The van der Waals surface area contributed by atoms with E-state index in [9.17, 15) is 4.79 Å². The van der Waals surface area contributed by atoms with E-state index < -0.39 is 0 Å². The van der Waals surface area contributed by atoms with Gasteiger partial charge >= 0.3 is 0 Å². The Morgan fingerprint density at radius 1 is 1.26 bits per heavy atom. The quantitative estimate of drug-likeness (QED) is 0.853. The van der Waals surface area contributed by atoms with Crippen LogP contribution in [0.2, 0.25) is 0 Å². The maximum absolute atomic E-state index is 12.2. The van der Waals surface area contributed by atoms with Crippen LogP contribution in [0.25, 0.3) is 0 Å². The second-order valence-corrected chi connectivity index (χ2v) is 5.17. The monoisotopic (exact) mass is 317 g/mol. The van der Waals surface area contributed by atoms with Gasteiger partial charge in [0.15, 0.2) is 0 Å². The van der Waals surface area contributed by atoms with Crippen molar-refractivity contribution in [1.82, 2.24) is 9.78 Å². The summed E-state index contributed by atoms with van der Waals surface area (Å²) in [5.74, 6) is 1.68. The van der Waals surface area contributed by atoms with E-state index in [4.69, 9.17) is 9.47 Å². The molecule has 6 heteroatoms. The van der Waals surface area contributed by atoms with Crippen LogP contribution in [0.15, 0.2) is 30.5 Å². The molecule has 0 saturated heterocycles. The third kappa shape index (κ3) is 3.64. The molecule has 0 fully saturated rings. The van der Waals surface area contributed by atoms with Crippen molar-refractivity contribution >= 4 is 11.6 Å². The maximum atomic E-state index is 12.2. The lowest BCUT2D eigenvalue weighted by molar-refractivity contribution is -0.122. The Bertz CT molecular complexity index is 681. The van der Waals surface area contributed by atoms with Crippen molar-refractivity contribution < 1.29 is 14.3 Å². The van der Waals surface area contributed by atoms with Crippen LogP contribution >= 0.6 is 0 Å². The lowest BCUT2D eigenvalue weighted by atomic mass is 10.1. The van der Waals surface area contributed by atoms with E-state index in [1.54, 1.807) is 35.0 Å². The topological polar surface area (TPSA) is 56.6 Å². The van der Waals surface area contributed by atoms with Crippen LogP contribution in [0.1, 0.15) is 20.8 Å². The van der Waals surface area contributed by atoms with Crippen molar-refractivity contribution in [2.45, 2.75) is 20.8 Å². The molecule has 1 aromatic carbocycles. The van der Waals surface area contributed by atoms with E-state index >= 15 is 0 Å². The Kier molecular flexibility index (Phi) is 5.26. The van der Waals surface area contributed by atoms with Crippen molar-refractivity contribution in [3.63, 3.8) is 0 Å². The fourth-order valence-electron chi connectivity index (χ4n) is 2.25. The van der Waals surface area contributed by atoms with Crippen LogP contribution in [0, 0.1) is 5.92 Å². The van der Waals surface area contributed by atoms with Gasteiger partial charge in [-0.1, -0.05) is 20.8 Å². The number of benzene rings is 1. The van der Waals surface area contributed by atoms with Crippen LogP contribution in [0.3, 0.4) is 0 Å². The molecular formula is C17H23N3O3.